The maximum Gasteiger partial charge on any atom is 0.349 e. The zero-order valence-electron chi connectivity index (χ0n) is 17.8. The Balaban J connectivity index is 1.99. The van der Waals surface area contributed by atoms with Crippen molar-refractivity contribution in [3.05, 3.63) is 38.5 Å². The number of H-pyrrole nitrogens is 1. The van der Waals surface area contributed by atoms with Crippen molar-refractivity contribution in [2.45, 2.75) is 51.7 Å². The highest BCUT2D eigenvalue weighted by molar-refractivity contribution is 5.84. The van der Waals surface area contributed by atoms with Crippen LogP contribution in [0.5, 0.6) is 0 Å². The van der Waals surface area contributed by atoms with E-state index in [1.807, 2.05) is 13.0 Å². The molecule has 0 amide bonds. The quantitative estimate of drug-likeness (QED) is 0.210. The highest BCUT2D eigenvalue weighted by Crippen LogP contribution is 2.27. The Labute approximate surface area is 183 Å². The molecular weight excluding hydrogens is 418 g/mol. The number of hydrogen-bond donors (Lipinski definition) is 5. The number of hydrogen-bond acceptors (Lipinski definition) is 8. The average Bonchev–Trinajstić information content (AvgIpc) is 2.74. The van der Waals surface area contributed by atoms with Gasteiger partial charge in [0.1, 0.15) is 0 Å². The predicted octanol–water partition coefficient (Wildman–Crippen LogP) is 0.693. The Bertz CT molecular complexity index is 1190. The van der Waals surface area contributed by atoms with Gasteiger partial charge in [-0.3, -0.25) is 14.6 Å². The minimum absolute atomic E-state index is 0.0683. The molecule has 1 aromatic carbocycles. The van der Waals surface area contributed by atoms with Crippen molar-refractivity contribution in [3.8, 4) is 11.5 Å². The van der Waals surface area contributed by atoms with Gasteiger partial charge in [-0.05, 0) is 37.5 Å². The second-order valence-electron chi connectivity index (χ2n) is 7.74. The van der Waals surface area contributed by atoms with Crippen molar-refractivity contribution in [2.24, 2.45) is 0 Å². The number of benzene rings is 1. The molecule has 2 aliphatic rings. The monoisotopic (exact) mass is 445 g/mol. The third-order valence-electron chi connectivity index (χ3n) is 5.22. The lowest BCUT2D eigenvalue weighted by atomic mass is 10.1. The number of fused-ring (bicyclic) bond motifs is 2. The van der Waals surface area contributed by atoms with Gasteiger partial charge in [0.05, 0.1) is 23.7 Å². The van der Waals surface area contributed by atoms with E-state index in [0.29, 0.717) is 36.1 Å². The van der Waals surface area contributed by atoms with E-state index in [-0.39, 0.29) is 31.1 Å². The van der Waals surface area contributed by atoms with Gasteiger partial charge in [0.25, 0.3) is 5.56 Å². The number of carbonyl (C=O) groups is 1. The smallest absolute Gasteiger partial charge is 0.349 e. The van der Waals surface area contributed by atoms with Gasteiger partial charge in [-0.1, -0.05) is 12.8 Å². The van der Waals surface area contributed by atoms with Gasteiger partial charge < -0.3 is 25.2 Å². The summed E-state index contributed by atoms with van der Waals surface area (Å²) < 4.78 is 1.78. The first-order valence-electron chi connectivity index (χ1n) is 10.5. The topological polar surface area (TPSA) is 170 Å². The third kappa shape index (κ3) is 5.48. The lowest BCUT2D eigenvalue weighted by molar-refractivity contribution is -0.137. The maximum atomic E-state index is 12.3. The molecule has 0 spiro atoms. The fraction of sp³-hybridized carbons (Fsp3) is 0.476. The van der Waals surface area contributed by atoms with Gasteiger partial charge in [0, 0.05) is 25.2 Å². The summed E-state index contributed by atoms with van der Waals surface area (Å²) in [7, 11) is 0. The van der Waals surface area contributed by atoms with Gasteiger partial charge in [-0.2, -0.15) is 4.98 Å². The maximum absolute atomic E-state index is 12.3. The highest BCUT2D eigenvalue weighted by atomic mass is 16.4. The van der Waals surface area contributed by atoms with Crippen LogP contribution >= 0.6 is 0 Å². The molecular formula is C21H27N5O6. The first-order chi connectivity index (χ1) is 15.3. The van der Waals surface area contributed by atoms with E-state index < -0.39 is 23.3 Å². The first-order valence-corrected chi connectivity index (χ1v) is 10.5. The van der Waals surface area contributed by atoms with Gasteiger partial charge in [0.15, 0.2) is 11.5 Å². The molecule has 11 nitrogen and oxygen atoms in total. The molecule has 0 fully saturated rings. The largest absolute Gasteiger partial charge is 0.481 e. The van der Waals surface area contributed by atoms with Gasteiger partial charge in [-0.15, -0.1) is 0 Å². The number of aromatic nitrogens is 4. The summed E-state index contributed by atoms with van der Waals surface area (Å²) >= 11 is 0. The third-order valence-corrected chi connectivity index (χ3v) is 5.22. The number of unbranched alkanes of at least 4 members (excludes halogenated alkanes) is 3. The summed E-state index contributed by atoms with van der Waals surface area (Å²) in [5.74, 6) is -0.638. The average molecular weight is 445 g/mol. The van der Waals surface area contributed by atoms with E-state index in [4.69, 9.17) is 10.2 Å². The van der Waals surface area contributed by atoms with Crippen LogP contribution in [0.15, 0.2) is 21.7 Å². The number of anilines is 1. The fourth-order valence-electron chi connectivity index (χ4n) is 3.55. The van der Waals surface area contributed by atoms with Gasteiger partial charge in [0.2, 0.25) is 0 Å². The second-order valence-corrected chi connectivity index (χ2v) is 7.74. The molecule has 2 aliphatic heterocycles. The van der Waals surface area contributed by atoms with E-state index in [2.05, 4.69) is 20.3 Å². The van der Waals surface area contributed by atoms with Crippen molar-refractivity contribution >= 4 is 22.7 Å². The van der Waals surface area contributed by atoms with Gasteiger partial charge >= 0.3 is 11.7 Å². The molecule has 0 bridgehead atoms. The van der Waals surface area contributed by atoms with Crippen molar-refractivity contribution < 1.29 is 20.1 Å². The Kier molecular flexibility index (Phi) is 7.54. The normalized spacial score (nSPS) is 12.3. The lowest BCUT2D eigenvalue weighted by Gasteiger charge is -2.19. The Hall–Kier alpha value is -3.31. The van der Waals surface area contributed by atoms with Crippen molar-refractivity contribution in [1.29, 1.82) is 0 Å². The zero-order valence-corrected chi connectivity index (χ0v) is 17.8. The molecule has 0 aliphatic carbocycles. The lowest BCUT2D eigenvalue weighted by Crippen LogP contribution is -2.29. The number of nitrogens with zero attached hydrogens (tertiary/aromatic N) is 3. The second kappa shape index (κ2) is 10.3. The molecule has 0 saturated heterocycles. The number of nitrogens with one attached hydrogen (secondary N) is 2. The van der Waals surface area contributed by atoms with Crippen molar-refractivity contribution in [1.82, 2.24) is 19.5 Å². The van der Waals surface area contributed by atoms with Crippen LogP contribution in [0.1, 0.15) is 37.7 Å². The van der Waals surface area contributed by atoms with Crippen LogP contribution in [0.2, 0.25) is 0 Å². The number of rotatable bonds is 11. The molecule has 1 aromatic rings. The van der Waals surface area contributed by atoms with Crippen LogP contribution in [0.3, 0.4) is 0 Å². The molecule has 1 unspecified atom stereocenters. The minimum Gasteiger partial charge on any atom is -0.481 e. The van der Waals surface area contributed by atoms with Crippen LogP contribution in [0.25, 0.3) is 22.6 Å². The Morgan fingerprint density at radius 3 is 2.66 bits per heavy atom. The molecule has 0 radical (unpaired) electrons. The zero-order chi connectivity index (χ0) is 23.3. The van der Waals surface area contributed by atoms with E-state index in [1.54, 1.807) is 10.6 Å². The molecule has 11 heteroatoms. The van der Waals surface area contributed by atoms with E-state index in [0.717, 1.165) is 18.4 Å². The van der Waals surface area contributed by atoms with E-state index in [9.17, 15) is 19.5 Å². The summed E-state index contributed by atoms with van der Waals surface area (Å²) in [5.41, 5.74) is 1.47. The molecule has 2 heterocycles. The molecule has 5 N–H and O–H groups in total. The molecule has 3 rings (SSSR count). The standard InChI is InChI=1S/C21H27N5O6/c1-12-8-15-16(9-14(12)22-10-13(28)11-27)26(7-5-3-2-4-6-17(29)30)19-18(23-15)20(31)25-21(32)24-19/h8-9,13,22,27-28H,2-7,10-11H2,1H3,(H,29,30)(H,25,31,32). The molecule has 0 saturated carbocycles. The Morgan fingerprint density at radius 2 is 1.94 bits per heavy atom. The fourth-order valence-corrected chi connectivity index (χ4v) is 3.55. The number of aryl methyl sites for hydroxylation is 2. The number of aliphatic carboxylic acids is 1. The molecule has 0 aromatic heterocycles. The van der Waals surface area contributed by atoms with Crippen LogP contribution in [0.4, 0.5) is 5.69 Å². The van der Waals surface area contributed by atoms with Crippen molar-refractivity contribution in [3.63, 3.8) is 0 Å². The van der Waals surface area contributed by atoms with Crippen molar-refractivity contribution in [2.75, 3.05) is 18.5 Å². The predicted molar refractivity (Wildman–Crippen MR) is 118 cm³/mol. The summed E-state index contributed by atoms with van der Waals surface area (Å²) in [6.45, 7) is 2.10. The summed E-state index contributed by atoms with van der Waals surface area (Å²) in [4.78, 5) is 45.4. The van der Waals surface area contributed by atoms with Gasteiger partial charge in [-0.25, -0.2) is 9.78 Å². The van der Waals surface area contributed by atoms with E-state index in [1.165, 1.54) is 0 Å². The Morgan fingerprint density at radius 1 is 1.19 bits per heavy atom. The number of carboxylic acid groups (broad SMARTS) is 1. The highest BCUT2D eigenvalue weighted by Gasteiger charge is 2.19. The van der Waals surface area contributed by atoms with Crippen LogP contribution < -0.4 is 16.6 Å². The number of carboxylic acids is 1. The summed E-state index contributed by atoms with van der Waals surface area (Å²) in [5, 5.41) is 30.6. The number of aromatic amines is 1. The molecule has 32 heavy (non-hydrogen) atoms. The van der Waals surface area contributed by atoms with Crippen LogP contribution in [0, 0.1) is 6.92 Å². The number of aliphatic hydroxyl groups excluding tert-OH is 2. The van der Waals surface area contributed by atoms with E-state index >= 15 is 0 Å². The summed E-state index contributed by atoms with van der Waals surface area (Å²) in [6, 6.07) is 3.62. The minimum atomic E-state index is -0.916. The molecule has 172 valence electrons. The number of aliphatic hydroxyl groups is 2. The SMILES string of the molecule is Cc1cc2nc3c(=O)[nH]c(=O)nc-3n(CCCCCCC(=O)O)c2cc1NCC(O)CO. The van der Waals surface area contributed by atoms with Crippen LogP contribution in [-0.4, -0.2) is 60.1 Å². The first kappa shape index (κ1) is 23.4. The molecule has 1 atom stereocenters. The summed E-state index contributed by atoms with van der Waals surface area (Å²) in [6.07, 6.45) is 2.01. The van der Waals surface area contributed by atoms with Crippen LogP contribution in [-0.2, 0) is 11.3 Å².